The van der Waals surface area contributed by atoms with Crippen LogP contribution in [0.1, 0.15) is 22.8 Å². The number of carbonyl (C=O) groups excluding carboxylic acids is 1. The zero-order valence-corrected chi connectivity index (χ0v) is 17.7. The van der Waals surface area contributed by atoms with Crippen molar-refractivity contribution in [2.45, 2.75) is 18.4 Å². The van der Waals surface area contributed by atoms with Gasteiger partial charge in [-0.15, -0.1) is 0 Å². The molecule has 0 radical (unpaired) electrons. The van der Waals surface area contributed by atoms with Crippen LogP contribution >= 0.6 is 0 Å². The van der Waals surface area contributed by atoms with Crippen molar-refractivity contribution in [3.63, 3.8) is 0 Å². The van der Waals surface area contributed by atoms with Crippen LogP contribution < -0.4 is 9.47 Å². The highest BCUT2D eigenvalue weighted by atomic mass is 32.2. The zero-order chi connectivity index (χ0) is 21.0. The van der Waals surface area contributed by atoms with Gasteiger partial charge >= 0.3 is 0 Å². The number of ketones is 1. The van der Waals surface area contributed by atoms with Crippen LogP contribution in [-0.2, 0) is 16.6 Å². The van der Waals surface area contributed by atoms with Crippen molar-refractivity contribution in [2.75, 3.05) is 40.4 Å². The molecular weight excluding hydrogens is 392 g/mol. The van der Waals surface area contributed by atoms with Gasteiger partial charge in [-0.1, -0.05) is 12.1 Å². The molecule has 0 N–H and O–H groups in total. The van der Waals surface area contributed by atoms with Crippen molar-refractivity contribution in [2.24, 2.45) is 0 Å². The van der Waals surface area contributed by atoms with Crippen LogP contribution in [0.25, 0.3) is 0 Å². The SMILES string of the molecule is COc1ccc(OC)c(CN2CCN(S(=O)(=O)c3ccc(C(C)=O)cc3)CC2)c1. The van der Waals surface area contributed by atoms with Crippen LogP contribution in [0.15, 0.2) is 47.4 Å². The number of Topliss-reactive ketones (excluding diaryl/α,β-unsaturated/α-hetero) is 1. The molecule has 0 aromatic heterocycles. The molecule has 0 bridgehead atoms. The molecule has 3 rings (SSSR count). The van der Waals surface area contributed by atoms with Gasteiger partial charge in [0, 0.05) is 43.9 Å². The first-order chi connectivity index (χ1) is 13.8. The summed E-state index contributed by atoms with van der Waals surface area (Å²) in [5.41, 5.74) is 1.50. The van der Waals surface area contributed by atoms with E-state index >= 15 is 0 Å². The first kappa shape index (κ1) is 21.3. The van der Waals surface area contributed by atoms with E-state index in [0.717, 1.165) is 17.1 Å². The Morgan fingerprint density at radius 1 is 0.966 bits per heavy atom. The van der Waals surface area contributed by atoms with Crippen LogP contribution in [0.4, 0.5) is 0 Å². The molecule has 2 aromatic carbocycles. The second-order valence-corrected chi connectivity index (χ2v) is 8.88. The minimum atomic E-state index is -3.57. The predicted molar refractivity (Wildman–Crippen MR) is 110 cm³/mol. The van der Waals surface area contributed by atoms with Crippen molar-refractivity contribution < 1.29 is 22.7 Å². The molecule has 1 fully saturated rings. The Morgan fingerprint density at radius 3 is 2.17 bits per heavy atom. The molecule has 0 amide bonds. The molecule has 7 nitrogen and oxygen atoms in total. The summed E-state index contributed by atoms with van der Waals surface area (Å²) in [6.07, 6.45) is 0. The topological polar surface area (TPSA) is 76.2 Å². The minimum Gasteiger partial charge on any atom is -0.497 e. The van der Waals surface area contributed by atoms with E-state index in [0.29, 0.717) is 38.3 Å². The lowest BCUT2D eigenvalue weighted by atomic mass is 10.1. The second-order valence-electron chi connectivity index (χ2n) is 6.94. The molecule has 1 aliphatic rings. The largest absolute Gasteiger partial charge is 0.497 e. The fourth-order valence-electron chi connectivity index (χ4n) is 3.39. The summed E-state index contributed by atoms with van der Waals surface area (Å²) in [5, 5.41) is 0. The average Bonchev–Trinajstić information content (AvgIpc) is 2.74. The standard InChI is InChI=1S/C21H26N2O5S/c1-16(24)17-4-7-20(8-5-17)29(25,26)23-12-10-22(11-13-23)15-18-14-19(27-2)6-9-21(18)28-3/h4-9,14H,10-13,15H2,1-3H3. The molecular formula is C21H26N2O5S. The Balaban J connectivity index is 1.66. The molecule has 1 heterocycles. The number of hydrogen-bond acceptors (Lipinski definition) is 6. The first-order valence-electron chi connectivity index (χ1n) is 9.39. The Bertz CT molecular complexity index is 965. The summed E-state index contributed by atoms with van der Waals surface area (Å²) in [6, 6.07) is 11.8. The van der Waals surface area contributed by atoms with E-state index in [1.165, 1.54) is 23.4 Å². The van der Waals surface area contributed by atoms with E-state index in [9.17, 15) is 13.2 Å². The molecule has 0 spiro atoms. The molecule has 29 heavy (non-hydrogen) atoms. The first-order valence-corrected chi connectivity index (χ1v) is 10.8. The van der Waals surface area contributed by atoms with E-state index in [1.807, 2.05) is 18.2 Å². The molecule has 1 aliphatic heterocycles. The number of benzene rings is 2. The molecule has 0 atom stereocenters. The maximum Gasteiger partial charge on any atom is 0.243 e. The normalized spacial score (nSPS) is 15.8. The van der Waals surface area contributed by atoms with Gasteiger partial charge in [0.05, 0.1) is 19.1 Å². The minimum absolute atomic E-state index is 0.0875. The van der Waals surface area contributed by atoms with Gasteiger partial charge in [0.15, 0.2) is 5.78 Å². The number of rotatable bonds is 7. The second kappa shape index (κ2) is 8.94. The van der Waals surface area contributed by atoms with Crippen LogP contribution in [0.3, 0.4) is 0 Å². The summed E-state index contributed by atoms with van der Waals surface area (Å²) in [6.45, 7) is 4.16. The van der Waals surface area contributed by atoms with Gasteiger partial charge in [0.2, 0.25) is 10.0 Å². The third-order valence-electron chi connectivity index (χ3n) is 5.11. The summed E-state index contributed by atoms with van der Waals surface area (Å²) in [7, 11) is -0.318. The van der Waals surface area contributed by atoms with Crippen LogP contribution in [0, 0.1) is 0 Å². The fourth-order valence-corrected chi connectivity index (χ4v) is 4.81. The number of carbonyl (C=O) groups is 1. The van der Waals surface area contributed by atoms with E-state index in [4.69, 9.17) is 9.47 Å². The third-order valence-corrected chi connectivity index (χ3v) is 7.02. The molecule has 0 saturated carbocycles. The number of ether oxygens (including phenoxy) is 2. The lowest BCUT2D eigenvalue weighted by Crippen LogP contribution is -2.48. The summed E-state index contributed by atoms with van der Waals surface area (Å²) in [4.78, 5) is 13.8. The highest BCUT2D eigenvalue weighted by Gasteiger charge is 2.28. The predicted octanol–water partition coefficient (Wildman–Crippen LogP) is 2.41. The van der Waals surface area contributed by atoms with Gasteiger partial charge < -0.3 is 9.47 Å². The number of hydrogen-bond donors (Lipinski definition) is 0. The summed E-state index contributed by atoms with van der Waals surface area (Å²) in [5.74, 6) is 1.46. The summed E-state index contributed by atoms with van der Waals surface area (Å²) >= 11 is 0. The number of nitrogens with zero attached hydrogens (tertiary/aromatic N) is 2. The van der Waals surface area contributed by atoms with Crippen molar-refractivity contribution in [1.82, 2.24) is 9.21 Å². The Morgan fingerprint density at radius 2 is 1.62 bits per heavy atom. The lowest BCUT2D eigenvalue weighted by molar-refractivity contribution is 0.101. The zero-order valence-electron chi connectivity index (χ0n) is 16.9. The van der Waals surface area contributed by atoms with Gasteiger partial charge in [0.1, 0.15) is 11.5 Å². The molecule has 0 aliphatic carbocycles. The van der Waals surface area contributed by atoms with Gasteiger partial charge in [-0.05, 0) is 37.3 Å². The molecule has 156 valence electrons. The molecule has 8 heteroatoms. The fraction of sp³-hybridized carbons (Fsp3) is 0.381. The van der Waals surface area contributed by atoms with Crippen molar-refractivity contribution in [1.29, 1.82) is 0 Å². The van der Waals surface area contributed by atoms with Crippen LogP contribution in [0.2, 0.25) is 0 Å². The quantitative estimate of drug-likeness (QED) is 0.643. The Hall–Kier alpha value is -2.42. The van der Waals surface area contributed by atoms with E-state index in [-0.39, 0.29) is 10.7 Å². The highest BCUT2D eigenvalue weighted by molar-refractivity contribution is 7.89. The number of sulfonamides is 1. The maximum atomic E-state index is 12.9. The monoisotopic (exact) mass is 418 g/mol. The maximum absolute atomic E-state index is 12.9. The van der Waals surface area contributed by atoms with Gasteiger partial charge in [-0.2, -0.15) is 4.31 Å². The highest BCUT2D eigenvalue weighted by Crippen LogP contribution is 2.26. The van der Waals surface area contributed by atoms with E-state index in [1.54, 1.807) is 26.4 Å². The average molecular weight is 419 g/mol. The van der Waals surface area contributed by atoms with Gasteiger partial charge in [-0.25, -0.2) is 8.42 Å². The summed E-state index contributed by atoms with van der Waals surface area (Å²) < 4.78 is 38.0. The number of piperazine rings is 1. The van der Waals surface area contributed by atoms with Gasteiger partial charge in [0.25, 0.3) is 0 Å². The van der Waals surface area contributed by atoms with Crippen LogP contribution in [0.5, 0.6) is 11.5 Å². The Kier molecular flexibility index (Phi) is 6.56. The van der Waals surface area contributed by atoms with Crippen molar-refractivity contribution >= 4 is 15.8 Å². The van der Waals surface area contributed by atoms with Gasteiger partial charge in [-0.3, -0.25) is 9.69 Å². The third kappa shape index (κ3) is 4.77. The smallest absolute Gasteiger partial charge is 0.243 e. The molecule has 1 saturated heterocycles. The molecule has 2 aromatic rings. The van der Waals surface area contributed by atoms with Crippen molar-refractivity contribution in [3.8, 4) is 11.5 Å². The van der Waals surface area contributed by atoms with Crippen LogP contribution in [-0.4, -0.2) is 63.8 Å². The lowest BCUT2D eigenvalue weighted by Gasteiger charge is -2.34. The number of methoxy groups -OCH3 is 2. The van der Waals surface area contributed by atoms with E-state index < -0.39 is 10.0 Å². The van der Waals surface area contributed by atoms with E-state index in [2.05, 4.69) is 4.90 Å². The molecule has 0 unspecified atom stereocenters. The Labute approximate surface area is 171 Å². The van der Waals surface area contributed by atoms with Crippen molar-refractivity contribution in [3.05, 3.63) is 53.6 Å².